The number of carbonyl (C=O) groups is 1. The topological polar surface area (TPSA) is 53.7 Å². The molecule has 6 heteroatoms. The lowest BCUT2D eigenvalue weighted by Gasteiger charge is -2.34. The Morgan fingerprint density at radius 2 is 1.81 bits per heavy atom. The lowest BCUT2D eigenvalue weighted by Crippen LogP contribution is -2.49. The molecular formula is C20H21N5O. The minimum Gasteiger partial charge on any atom is -0.335 e. The van der Waals surface area contributed by atoms with Gasteiger partial charge in [0.05, 0.1) is 6.20 Å². The second kappa shape index (κ2) is 7.49. The van der Waals surface area contributed by atoms with Crippen LogP contribution in [0.15, 0.2) is 60.9 Å². The number of amides is 1. The molecular weight excluding hydrogens is 326 g/mol. The highest BCUT2D eigenvalue weighted by atomic mass is 16.2. The number of carbonyl (C=O) groups excluding carboxylic acids is 1. The minimum absolute atomic E-state index is 0.0144. The molecule has 0 bridgehead atoms. The van der Waals surface area contributed by atoms with Crippen LogP contribution in [-0.2, 0) is 0 Å². The number of aromatic nitrogens is 3. The number of rotatable bonds is 4. The normalized spacial score (nSPS) is 15.8. The van der Waals surface area contributed by atoms with Gasteiger partial charge in [0.25, 0.3) is 5.91 Å². The zero-order valence-corrected chi connectivity index (χ0v) is 14.5. The molecule has 26 heavy (non-hydrogen) atoms. The van der Waals surface area contributed by atoms with Gasteiger partial charge in [0.2, 0.25) is 0 Å². The first kappa shape index (κ1) is 16.5. The summed E-state index contributed by atoms with van der Waals surface area (Å²) in [5, 5.41) is 4.21. The van der Waals surface area contributed by atoms with Crippen molar-refractivity contribution in [3.8, 4) is 0 Å². The minimum atomic E-state index is 0.0144. The fourth-order valence-corrected chi connectivity index (χ4v) is 3.19. The lowest BCUT2D eigenvalue weighted by atomic mass is 10.2. The molecule has 1 fully saturated rings. The monoisotopic (exact) mass is 347 g/mol. The molecule has 1 amide bonds. The number of fused-ring (bicyclic) bond motifs is 1. The van der Waals surface area contributed by atoms with Gasteiger partial charge >= 0.3 is 0 Å². The molecule has 2 aromatic heterocycles. The molecule has 1 aliphatic rings. The number of hydrogen-bond donors (Lipinski definition) is 0. The fourth-order valence-electron chi connectivity index (χ4n) is 3.19. The van der Waals surface area contributed by atoms with E-state index in [2.05, 4.69) is 39.3 Å². The number of hydrogen-bond acceptors (Lipinski definition) is 4. The van der Waals surface area contributed by atoms with Crippen LogP contribution in [0.2, 0.25) is 0 Å². The Morgan fingerprint density at radius 3 is 2.62 bits per heavy atom. The van der Waals surface area contributed by atoms with E-state index < -0.39 is 0 Å². The van der Waals surface area contributed by atoms with E-state index in [1.165, 1.54) is 5.56 Å². The van der Waals surface area contributed by atoms with E-state index in [-0.39, 0.29) is 5.91 Å². The predicted octanol–water partition coefficient (Wildman–Crippen LogP) is 2.20. The van der Waals surface area contributed by atoms with E-state index in [1.807, 2.05) is 23.1 Å². The molecule has 1 aliphatic heterocycles. The molecule has 132 valence electrons. The smallest absolute Gasteiger partial charge is 0.272 e. The molecule has 3 aromatic rings. The van der Waals surface area contributed by atoms with Gasteiger partial charge in [-0.15, -0.1) is 0 Å². The van der Waals surface area contributed by atoms with Crippen LogP contribution in [0.3, 0.4) is 0 Å². The van der Waals surface area contributed by atoms with Crippen LogP contribution in [0.1, 0.15) is 16.1 Å². The Kier molecular flexibility index (Phi) is 4.75. The summed E-state index contributed by atoms with van der Waals surface area (Å²) in [6, 6.07) is 13.8. The molecule has 0 atom stereocenters. The Hall–Kier alpha value is -2.99. The number of nitrogens with zero attached hydrogens (tertiary/aromatic N) is 5. The van der Waals surface area contributed by atoms with E-state index in [9.17, 15) is 4.79 Å². The molecule has 1 saturated heterocycles. The molecule has 3 heterocycles. The van der Waals surface area contributed by atoms with Crippen molar-refractivity contribution in [1.29, 1.82) is 0 Å². The second-order valence-electron chi connectivity index (χ2n) is 6.34. The van der Waals surface area contributed by atoms with Crippen LogP contribution in [0.4, 0.5) is 0 Å². The van der Waals surface area contributed by atoms with Gasteiger partial charge in [-0.25, -0.2) is 9.50 Å². The first-order valence-corrected chi connectivity index (χ1v) is 8.83. The molecule has 0 saturated carbocycles. The van der Waals surface area contributed by atoms with Crippen molar-refractivity contribution < 1.29 is 4.79 Å². The standard InChI is InChI=1S/C20H21N5O/c26-20(18-8-10-21-19-9-11-22-25(18)19)24-15-13-23(14-16-24)12-4-7-17-5-2-1-3-6-17/h1-11H,12-16H2/b7-4+. The maximum absolute atomic E-state index is 12.8. The van der Waals surface area contributed by atoms with Crippen molar-refractivity contribution in [3.63, 3.8) is 0 Å². The van der Waals surface area contributed by atoms with E-state index >= 15 is 0 Å². The van der Waals surface area contributed by atoms with Gasteiger partial charge in [-0.05, 0) is 11.6 Å². The van der Waals surface area contributed by atoms with Gasteiger partial charge in [-0.2, -0.15) is 5.10 Å². The molecule has 4 rings (SSSR count). The largest absolute Gasteiger partial charge is 0.335 e. The van der Waals surface area contributed by atoms with Crippen LogP contribution < -0.4 is 0 Å². The Balaban J connectivity index is 1.34. The summed E-state index contributed by atoms with van der Waals surface area (Å²) in [7, 11) is 0. The van der Waals surface area contributed by atoms with Gasteiger partial charge < -0.3 is 4.90 Å². The predicted molar refractivity (Wildman–Crippen MR) is 101 cm³/mol. The third-order valence-electron chi connectivity index (χ3n) is 4.64. The third-order valence-corrected chi connectivity index (χ3v) is 4.64. The quantitative estimate of drug-likeness (QED) is 0.726. The summed E-state index contributed by atoms with van der Waals surface area (Å²) >= 11 is 0. The second-order valence-corrected chi connectivity index (χ2v) is 6.34. The van der Waals surface area contributed by atoms with Crippen LogP contribution in [0.25, 0.3) is 11.7 Å². The van der Waals surface area contributed by atoms with Crippen LogP contribution in [0, 0.1) is 0 Å². The van der Waals surface area contributed by atoms with Gasteiger partial charge in [0.1, 0.15) is 5.69 Å². The van der Waals surface area contributed by atoms with Crippen molar-refractivity contribution in [2.24, 2.45) is 0 Å². The number of benzene rings is 1. The summed E-state index contributed by atoms with van der Waals surface area (Å²) in [6.45, 7) is 4.10. The summed E-state index contributed by atoms with van der Waals surface area (Å²) in [4.78, 5) is 21.3. The van der Waals surface area contributed by atoms with Crippen LogP contribution >= 0.6 is 0 Å². The van der Waals surface area contributed by atoms with Gasteiger partial charge in [-0.1, -0.05) is 42.5 Å². The van der Waals surface area contributed by atoms with Crippen LogP contribution in [-0.4, -0.2) is 63.0 Å². The molecule has 0 spiro atoms. The average molecular weight is 347 g/mol. The van der Waals surface area contributed by atoms with Crippen LogP contribution in [0.5, 0.6) is 0 Å². The molecule has 0 radical (unpaired) electrons. The summed E-state index contributed by atoms with van der Waals surface area (Å²) < 4.78 is 1.61. The lowest BCUT2D eigenvalue weighted by molar-refractivity contribution is 0.0641. The highest BCUT2D eigenvalue weighted by molar-refractivity contribution is 5.93. The summed E-state index contributed by atoms with van der Waals surface area (Å²) in [5.74, 6) is 0.0144. The van der Waals surface area contributed by atoms with E-state index in [0.29, 0.717) is 11.3 Å². The zero-order valence-electron chi connectivity index (χ0n) is 14.5. The maximum atomic E-state index is 12.8. The molecule has 0 N–H and O–H groups in total. The van der Waals surface area contributed by atoms with Gasteiger partial charge in [0.15, 0.2) is 5.65 Å². The Morgan fingerprint density at radius 1 is 1.00 bits per heavy atom. The molecule has 6 nitrogen and oxygen atoms in total. The molecule has 0 aliphatic carbocycles. The van der Waals surface area contributed by atoms with Crippen molar-refractivity contribution >= 4 is 17.6 Å². The van der Waals surface area contributed by atoms with E-state index in [4.69, 9.17) is 0 Å². The first-order valence-electron chi connectivity index (χ1n) is 8.83. The van der Waals surface area contributed by atoms with Crippen molar-refractivity contribution in [1.82, 2.24) is 24.4 Å². The SMILES string of the molecule is O=C(c1ccnc2ccnn12)N1CCN(C/C=C/c2ccccc2)CC1. The third kappa shape index (κ3) is 3.50. The van der Waals surface area contributed by atoms with Crippen molar-refractivity contribution in [2.45, 2.75) is 0 Å². The fraction of sp³-hybridized carbons (Fsp3) is 0.250. The van der Waals surface area contributed by atoms with Gasteiger partial charge in [-0.3, -0.25) is 9.69 Å². The maximum Gasteiger partial charge on any atom is 0.272 e. The Labute approximate surface area is 152 Å². The first-order chi connectivity index (χ1) is 12.8. The average Bonchev–Trinajstić information content (AvgIpc) is 3.18. The molecule has 0 unspecified atom stereocenters. The summed E-state index contributed by atoms with van der Waals surface area (Å²) in [5.41, 5.74) is 2.47. The van der Waals surface area contributed by atoms with Crippen molar-refractivity contribution in [3.05, 3.63) is 72.2 Å². The number of piperazine rings is 1. The van der Waals surface area contributed by atoms with E-state index in [1.54, 1.807) is 29.0 Å². The Bertz CT molecular complexity index is 910. The highest BCUT2D eigenvalue weighted by Crippen LogP contribution is 2.10. The van der Waals surface area contributed by atoms with E-state index in [0.717, 1.165) is 32.7 Å². The molecule has 1 aromatic carbocycles. The van der Waals surface area contributed by atoms with Gasteiger partial charge in [0, 0.05) is 45.0 Å². The summed E-state index contributed by atoms with van der Waals surface area (Å²) in [6.07, 6.45) is 7.65. The zero-order chi connectivity index (χ0) is 17.8. The highest BCUT2D eigenvalue weighted by Gasteiger charge is 2.23. The van der Waals surface area contributed by atoms with Crippen molar-refractivity contribution in [2.75, 3.05) is 32.7 Å².